The first-order valence-electron chi connectivity index (χ1n) is 10.6. The molecule has 0 aliphatic heterocycles. The fourth-order valence-corrected chi connectivity index (χ4v) is 3.02. The molecule has 0 radical (unpaired) electrons. The molecule has 156 valence electrons. The van der Waals surface area contributed by atoms with E-state index in [0.717, 1.165) is 13.2 Å². The maximum Gasteiger partial charge on any atom is 0.697 e. The van der Waals surface area contributed by atoms with Crippen LogP contribution in [-0.2, 0) is 25.0 Å². The predicted octanol–water partition coefficient (Wildman–Crippen LogP) is 7.45. The molecule has 0 aromatic heterocycles. The SMILES string of the molecule is CCCCCCCCCCCOCc1ccccc1.CCO[P+](=O)OCC. The molecular formula is C22H40O4P+. The molecule has 1 rings (SSSR count). The van der Waals surface area contributed by atoms with E-state index < -0.39 is 8.25 Å². The van der Waals surface area contributed by atoms with E-state index in [9.17, 15) is 4.57 Å². The van der Waals surface area contributed by atoms with Crippen molar-refractivity contribution in [1.29, 1.82) is 0 Å². The molecule has 0 heterocycles. The van der Waals surface area contributed by atoms with Gasteiger partial charge in [0.15, 0.2) is 0 Å². The minimum absolute atomic E-state index is 0.440. The van der Waals surface area contributed by atoms with E-state index in [0.29, 0.717) is 13.2 Å². The Bertz CT molecular complexity index is 418. The summed E-state index contributed by atoms with van der Waals surface area (Å²) in [6.45, 7) is 8.36. The number of unbranched alkanes of at least 4 members (excludes halogenated alkanes) is 8. The molecule has 0 spiro atoms. The molecular weight excluding hydrogens is 359 g/mol. The number of benzene rings is 1. The van der Waals surface area contributed by atoms with Crippen LogP contribution in [0.3, 0.4) is 0 Å². The molecule has 0 N–H and O–H groups in total. The van der Waals surface area contributed by atoms with Crippen LogP contribution in [0.2, 0.25) is 0 Å². The molecule has 5 heteroatoms. The van der Waals surface area contributed by atoms with Crippen molar-refractivity contribution in [2.75, 3.05) is 19.8 Å². The van der Waals surface area contributed by atoms with Gasteiger partial charge in [-0.2, -0.15) is 0 Å². The Labute approximate surface area is 167 Å². The van der Waals surface area contributed by atoms with E-state index in [1.54, 1.807) is 13.8 Å². The van der Waals surface area contributed by atoms with Crippen LogP contribution in [0.25, 0.3) is 0 Å². The summed E-state index contributed by atoms with van der Waals surface area (Å²) in [5, 5.41) is 0. The van der Waals surface area contributed by atoms with Crippen molar-refractivity contribution in [2.24, 2.45) is 0 Å². The van der Waals surface area contributed by atoms with Crippen LogP contribution in [0.1, 0.15) is 84.1 Å². The van der Waals surface area contributed by atoms with Gasteiger partial charge in [-0.15, -0.1) is 9.05 Å². The van der Waals surface area contributed by atoms with E-state index in [2.05, 4.69) is 40.2 Å². The molecule has 0 fully saturated rings. The lowest BCUT2D eigenvalue weighted by molar-refractivity contribution is 0.116. The summed E-state index contributed by atoms with van der Waals surface area (Å²) in [6, 6.07) is 10.4. The summed E-state index contributed by atoms with van der Waals surface area (Å²) in [4.78, 5) is 0. The smallest absolute Gasteiger partial charge is 0.377 e. The van der Waals surface area contributed by atoms with Gasteiger partial charge in [-0.25, -0.2) is 0 Å². The van der Waals surface area contributed by atoms with Gasteiger partial charge in [-0.3, -0.25) is 0 Å². The van der Waals surface area contributed by atoms with E-state index in [1.807, 2.05) is 6.07 Å². The average Bonchev–Trinajstić information content (AvgIpc) is 2.68. The predicted molar refractivity (Wildman–Crippen MR) is 114 cm³/mol. The number of rotatable bonds is 16. The van der Waals surface area contributed by atoms with Crippen molar-refractivity contribution in [3.63, 3.8) is 0 Å². The average molecular weight is 400 g/mol. The molecule has 1 aromatic carbocycles. The zero-order chi connectivity index (χ0) is 20.0. The third-order valence-electron chi connectivity index (χ3n) is 3.97. The lowest BCUT2D eigenvalue weighted by Crippen LogP contribution is -1.95. The molecule has 0 aliphatic carbocycles. The van der Waals surface area contributed by atoms with Crippen LogP contribution in [-0.4, -0.2) is 19.8 Å². The Balaban J connectivity index is 0.000000713. The standard InChI is InChI=1S/C18H30O.C4H10O3P/c1-2-3-4-5-6-7-8-9-13-16-19-17-18-14-11-10-12-15-18;1-3-6-8(5)7-4-2/h10-12,14-15H,2-9,13,16-17H2,1H3;3-4H2,1-2H3/q;+1. The highest BCUT2D eigenvalue weighted by Gasteiger charge is 2.15. The fraction of sp³-hybridized carbons (Fsp3) is 0.727. The van der Waals surface area contributed by atoms with E-state index in [-0.39, 0.29) is 0 Å². The van der Waals surface area contributed by atoms with Crippen molar-refractivity contribution in [1.82, 2.24) is 0 Å². The van der Waals surface area contributed by atoms with E-state index in [1.165, 1.54) is 63.4 Å². The van der Waals surface area contributed by atoms with Gasteiger partial charge in [-0.1, -0.05) is 88.6 Å². The zero-order valence-corrected chi connectivity index (χ0v) is 18.6. The van der Waals surface area contributed by atoms with Crippen LogP contribution in [0, 0.1) is 0 Å². The Morgan fingerprint density at radius 3 is 1.78 bits per heavy atom. The largest absolute Gasteiger partial charge is 0.697 e. The lowest BCUT2D eigenvalue weighted by Gasteiger charge is -2.04. The van der Waals surface area contributed by atoms with Crippen molar-refractivity contribution >= 4 is 8.25 Å². The van der Waals surface area contributed by atoms with Gasteiger partial charge in [0.2, 0.25) is 0 Å². The number of ether oxygens (including phenoxy) is 1. The van der Waals surface area contributed by atoms with Crippen LogP contribution in [0.5, 0.6) is 0 Å². The summed E-state index contributed by atoms with van der Waals surface area (Å²) < 4.78 is 25.2. The second kappa shape index (κ2) is 21.5. The first kappa shape index (κ1) is 26.2. The first-order chi connectivity index (χ1) is 13.2. The molecule has 27 heavy (non-hydrogen) atoms. The highest BCUT2D eigenvalue weighted by atomic mass is 31.1. The van der Waals surface area contributed by atoms with Crippen LogP contribution in [0.4, 0.5) is 0 Å². The summed E-state index contributed by atoms with van der Waals surface area (Å²) in [5.41, 5.74) is 1.28. The second-order valence-electron chi connectivity index (χ2n) is 6.43. The fourth-order valence-electron chi connectivity index (χ4n) is 2.53. The van der Waals surface area contributed by atoms with E-state index >= 15 is 0 Å². The number of hydrogen-bond acceptors (Lipinski definition) is 4. The Morgan fingerprint density at radius 2 is 1.26 bits per heavy atom. The summed E-state index contributed by atoms with van der Waals surface area (Å²) in [6.07, 6.45) is 12.3. The highest BCUT2D eigenvalue weighted by molar-refractivity contribution is 7.33. The summed E-state index contributed by atoms with van der Waals surface area (Å²) in [7, 11) is -1.83. The maximum absolute atomic E-state index is 10.3. The van der Waals surface area contributed by atoms with Gasteiger partial charge < -0.3 is 4.74 Å². The highest BCUT2D eigenvalue weighted by Crippen LogP contribution is 2.21. The minimum Gasteiger partial charge on any atom is -0.377 e. The van der Waals surface area contributed by atoms with E-state index in [4.69, 9.17) is 4.74 Å². The third kappa shape index (κ3) is 19.8. The van der Waals surface area contributed by atoms with Crippen molar-refractivity contribution < 1.29 is 18.3 Å². The number of hydrogen-bond donors (Lipinski definition) is 0. The van der Waals surface area contributed by atoms with Gasteiger partial charge in [0.05, 0.1) is 6.61 Å². The molecule has 0 saturated heterocycles. The van der Waals surface area contributed by atoms with Gasteiger partial charge in [0.25, 0.3) is 0 Å². The normalized spacial score (nSPS) is 10.3. The van der Waals surface area contributed by atoms with Crippen LogP contribution < -0.4 is 0 Å². The molecule has 4 nitrogen and oxygen atoms in total. The van der Waals surface area contributed by atoms with Gasteiger partial charge >= 0.3 is 8.25 Å². The molecule has 0 atom stereocenters. The second-order valence-corrected chi connectivity index (χ2v) is 7.39. The minimum atomic E-state index is -1.83. The summed E-state index contributed by atoms with van der Waals surface area (Å²) >= 11 is 0. The molecule has 0 aliphatic rings. The van der Waals surface area contributed by atoms with Gasteiger partial charge in [0, 0.05) is 11.2 Å². The quantitative estimate of drug-likeness (QED) is 0.214. The van der Waals surface area contributed by atoms with Crippen molar-refractivity contribution in [2.45, 2.75) is 85.2 Å². The first-order valence-corrected chi connectivity index (χ1v) is 11.7. The Morgan fingerprint density at radius 1 is 0.741 bits per heavy atom. The van der Waals surface area contributed by atoms with Gasteiger partial charge in [0.1, 0.15) is 13.2 Å². The van der Waals surface area contributed by atoms with Gasteiger partial charge in [-0.05, 0) is 25.8 Å². The monoisotopic (exact) mass is 399 g/mol. The Hall–Kier alpha value is -0.800. The maximum atomic E-state index is 10.3. The molecule has 0 unspecified atom stereocenters. The third-order valence-corrected chi connectivity index (χ3v) is 4.91. The van der Waals surface area contributed by atoms with Crippen LogP contribution >= 0.6 is 8.25 Å². The molecule has 1 aromatic rings. The summed E-state index contributed by atoms with van der Waals surface area (Å²) in [5.74, 6) is 0. The molecule has 0 bridgehead atoms. The Kier molecular flexibility index (Phi) is 20.9. The zero-order valence-electron chi connectivity index (χ0n) is 17.7. The van der Waals surface area contributed by atoms with Crippen LogP contribution in [0.15, 0.2) is 30.3 Å². The van der Waals surface area contributed by atoms with Crippen molar-refractivity contribution in [3.8, 4) is 0 Å². The molecule has 0 amide bonds. The van der Waals surface area contributed by atoms with Crippen molar-refractivity contribution in [3.05, 3.63) is 35.9 Å². The molecule has 0 saturated carbocycles. The lowest BCUT2D eigenvalue weighted by atomic mass is 10.1. The topological polar surface area (TPSA) is 44.8 Å².